The molecular formula is C20H24N2O3. The van der Waals surface area contributed by atoms with Crippen molar-refractivity contribution in [2.75, 3.05) is 40.0 Å². The summed E-state index contributed by atoms with van der Waals surface area (Å²) in [6.45, 7) is 3.74. The number of likely N-dealkylation sites (tertiary alicyclic amines) is 1. The summed E-state index contributed by atoms with van der Waals surface area (Å²) < 4.78 is 11.0. The highest BCUT2D eigenvalue weighted by Gasteiger charge is 2.48. The van der Waals surface area contributed by atoms with Crippen LogP contribution in [-0.2, 0) is 9.47 Å². The van der Waals surface area contributed by atoms with Crippen molar-refractivity contribution >= 4 is 16.7 Å². The SMILES string of the molecule is COC[C@@H]1CN(C(=O)c2nccc3ccccc23)CC12CCOCC2. The number of fused-ring (bicyclic) bond motifs is 1. The van der Waals surface area contributed by atoms with E-state index in [1.54, 1.807) is 13.3 Å². The van der Waals surface area contributed by atoms with Crippen LogP contribution in [0.3, 0.4) is 0 Å². The monoisotopic (exact) mass is 340 g/mol. The second-order valence-corrected chi connectivity index (χ2v) is 7.19. The number of carbonyl (C=O) groups excluding carboxylic acids is 1. The second-order valence-electron chi connectivity index (χ2n) is 7.19. The molecule has 2 fully saturated rings. The minimum Gasteiger partial charge on any atom is -0.384 e. The Morgan fingerprint density at radius 1 is 1.32 bits per heavy atom. The first kappa shape index (κ1) is 16.5. The summed E-state index contributed by atoms with van der Waals surface area (Å²) in [7, 11) is 1.74. The normalized spacial score (nSPS) is 22.6. The molecule has 0 unspecified atom stereocenters. The molecule has 0 N–H and O–H groups in total. The van der Waals surface area contributed by atoms with E-state index in [-0.39, 0.29) is 11.3 Å². The third-order valence-corrected chi connectivity index (χ3v) is 5.83. The first-order chi connectivity index (χ1) is 12.2. The van der Waals surface area contributed by atoms with Crippen LogP contribution in [0.1, 0.15) is 23.3 Å². The van der Waals surface area contributed by atoms with Crippen molar-refractivity contribution in [1.82, 2.24) is 9.88 Å². The van der Waals surface area contributed by atoms with E-state index in [0.717, 1.165) is 49.9 Å². The number of carbonyl (C=O) groups is 1. The summed E-state index contributed by atoms with van der Waals surface area (Å²) >= 11 is 0. The fraction of sp³-hybridized carbons (Fsp3) is 0.500. The predicted octanol–water partition coefficient (Wildman–Crippen LogP) is 2.75. The number of aromatic nitrogens is 1. The molecule has 0 bridgehead atoms. The van der Waals surface area contributed by atoms with E-state index in [2.05, 4.69) is 4.98 Å². The van der Waals surface area contributed by atoms with Crippen molar-refractivity contribution < 1.29 is 14.3 Å². The quantitative estimate of drug-likeness (QED) is 0.862. The lowest BCUT2D eigenvalue weighted by molar-refractivity contribution is -0.0169. The number of hydrogen-bond donors (Lipinski definition) is 0. The standard InChI is InChI=1S/C20H24N2O3/c1-24-13-16-12-22(14-20(16)7-10-25-11-8-20)19(23)18-17-5-3-2-4-15(17)6-9-21-18/h2-6,9,16H,7-8,10-14H2,1H3/t16-/m0/s1. The number of benzene rings is 1. The van der Waals surface area contributed by atoms with Gasteiger partial charge in [-0.3, -0.25) is 9.78 Å². The Bertz CT molecular complexity index is 765. The highest BCUT2D eigenvalue weighted by atomic mass is 16.5. The molecule has 0 radical (unpaired) electrons. The number of hydrogen-bond acceptors (Lipinski definition) is 4. The van der Waals surface area contributed by atoms with Gasteiger partial charge in [0, 0.05) is 50.9 Å². The van der Waals surface area contributed by atoms with Crippen molar-refractivity contribution in [3.63, 3.8) is 0 Å². The number of pyridine rings is 1. The first-order valence-electron chi connectivity index (χ1n) is 8.93. The van der Waals surface area contributed by atoms with Crippen LogP contribution >= 0.6 is 0 Å². The molecule has 132 valence electrons. The number of amides is 1. The van der Waals surface area contributed by atoms with E-state index in [9.17, 15) is 4.79 Å². The summed E-state index contributed by atoms with van der Waals surface area (Å²) in [6.07, 6.45) is 3.71. The van der Waals surface area contributed by atoms with Crippen LogP contribution in [0.4, 0.5) is 0 Å². The molecule has 25 heavy (non-hydrogen) atoms. The van der Waals surface area contributed by atoms with Crippen molar-refractivity contribution in [3.8, 4) is 0 Å². The Labute approximate surface area is 147 Å². The molecule has 2 aliphatic rings. The topological polar surface area (TPSA) is 51.7 Å². The minimum atomic E-state index is 0.0290. The molecule has 1 aromatic heterocycles. The van der Waals surface area contributed by atoms with Gasteiger partial charge >= 0.3 is 0 Å². The molecule has 0 aliphatic carbocycles. The van der Waals surface area contributed by atoms with Gasteiger partial charge in [0.05, 0.1) is 6.61 Å². The van der Waals surface area contributed by atoms with Gasteiger partial charge in [0.1, 0.15) is 5.69 Å². The Kier molecular flexibility index (Phi) is 4.44. The lowest BCUT2D eigenvalue weighted by atomic mass is 9.72. The molecule has 3 heterocycles. The summed E-state index contributed by atoms with van der Waals surface area (Å²) in [4.78, 5) is 19.6. The van der Waals surface area contributed by atoms with Gasteiger partial charge in [-0.05, 0) is 29.7 Å². The van der Waals surface area contributed by atoms with Gasteiger partial charge in [0.2, 0.25) is 0 Å². The average molecular weight is 340 g/mol. The molecular weight excluding hydrogens is 316 g/mol. The van der Waals surface area contributed by atoms with Crippen LogP contribution in [0.25, 0.3) is 10.8 Å². The van der Waals surface area contributed by atoms with Crippen molar-refractivity contribution in [2.45, 2.75) is 12.8 Å². The fourth-order valence-corrected chi connectivity index (χ4v) is 4.40. The van der Waals surface area contributed by atoms with Gasteiger partial charge in [-0.15, -0.1) is 0 Å². The maximum Gasteiger partial charge on any atom is 0.273 e. The number of ether oxygens (including phenoxy) is 2. The zero-order valence-corrected chi connectivity index (χ0v) is 14.6. The molecule has 4 rings (SSSR count). The maximum absolute atomic E-state index is 13.2. The molecule has 2 saturated heterocycles. The van der Waals surface area contributed by atoms with Crippen LogP contribution < -0.4 is 0 Å². The average Bonchev–Trinajstić information content (AvgIpc) is 2.99. The highest BCUT2D eigenvalue weighted by molar-refractivity contribution is 6.05. The predicted molar refractivity (Wildman–Crippen MR) is 95.5 cm³/mol. The molecule has 5 heteroatoms. The Morgan fingerprint density at radius 2 is 2.12 bits per heavy atom. The van der Waals surface area contributed by atoms with Crippen LogP contribution in [0.2, 0.25) is 0 Å². The highest BCUT2D eigenvalue weighted by Crippen LogP contribution is 2.44. The summed E-state index contributed by atoms with van der Waals surface area (Å²) in [5.41, 5.74) is 0.674. The van der Waals surface area contributed by atoms with Crippen molar-refractivity contribution in [3.05, 3.63) is 42.2 Å². The number of nitrogens with zero attached hydrogens (tertiary/aromatic N) is 2. The summed E-state index contributed by atoms with van der Waals surface area (Å²) in [5.74, 6) is 0.390. The smallest absolute Gasteiger partial charge is 0.273 e. The maximum atomic E-state index is 13.2. The number of rotatable bonds is 3. The van der Waals surface area contributed by atoms with E-state index in [0.29, 0.717) is 18.2 Å². The van der Waals surface area contributed by atoms with Crippen LogP contribution in [-0.4, -0.2) is 55.8 Å². The molecule has 1 aromatic carbocycles. The van der Waals surface area contributed by atoms with Gasteiger partial charge in [0.15, 0.2) is 0 Å². The van der Waals surface area contributed by atoms with Crippen LogP contribution in [0, 0.1) is 11.3 Å². The molecule has 1 spiro atoms. The molecule has 1 amide bonds. The van der Waals surface area contributed by atoms with E-state index in [1.165, 1.54) is 0 Å². The van der Waals surface area contributed by atoms with Crippen LogP contribution in [0.15, 0.2) is 36.5 Å². The molecule has 5 nitrogen and oxygen atoms in total. The summed E-state index contributed by atoms with van der Waals surface area (Å²) in [6, 6.07) is 9.88. The Balaban J connectivity index is 1.64. The fourth-order valence-electron chi connectivity index (χ4n) is 4.40. The first-order valence-corrected chi connectivity index (χ1v) is 8.93. The van der Waals surface area contributed by atoms with Gasteiger partial charge in [0.25, 0.3) is 5.91 Å². The van der Waals surface area contributed by atoms with Gasteiger partial charge < -0.3 is 14.4 Å². The second kappa shape index (κ2) is 6.73. The molecule has 0 saturated carbocycles. The minimum absolute atomic E-state index is 0.0290. The largest absolute Gasteiger partial charge is 0.384 e. The Morgan fingerprint density at radius 3 is 2.92 bits per heavy atom. The van der Waals surface area contributed by atoms with E-state index < -0.39 is 0 Å². The van der Waals surface area contributed by atoms with Gasteiger partial charge in [-0.25, -0.2) is 0 Å². The lowest BCUT2D eigenvalue weighted by Gasteiger charge is -2.37. The van der Waals surface area contributed by atoms with Crippen molar-refractivity contribution in [2.24, 2.45) is 11.3 Å². The lowest BCUT2D eigenvalue weighted by Crippen LogP contribution is -2.39. The zero-order valence-electron chi connectivity index (χ0n) is 14.6. The molecule has 1 atom stereocenters. The third-order valence-electron chi connectivity index (χ3n) is 5.83. The molecule has 2 aliphatic heterocycles. The molecule has 2 aromatic rings. The van der Waals surface area contributed by atoms with Crippen LogP contribution in [0.5, 0.6) is 0 Å². The van der Waals surface area contributed by atoms with E-state index in [4.69, 9.17) is 9.47 Å². The number of methoxy groups -OCH3 is 1. The summed E-state index contributed by atoms with van der Waals surface area (Å²) in [5, 5.41) is 1.97. The van der Waals surface area contributed by atoms with E-state index >= 15 is 0 Å². The van der Waals surface area contributed by atoms with E-state index in [1.807, 2.05) is 35.2 Å². The van der Waals surface area contributed by atoms with Gasteiger partial charge in [-0.2, -0.15) is 0 Å². The van der Waals surface area contributed by atoms with Crippen molar-refractivity contribution in [1.29, 1.82) is 0 Å². The zero-order chi connectivity index (χ0) is 17.3. The Hall–Kier alpha value is -1.98. The third kappa shape index (κ3) is 2.92. The van der Waals surface area contributed by atoms with Gasteiger partial charge in [-0.1, -0.05) is 24.3 Å².